The normalized spacial score (nSPS) is 17.1. The van der Waals surface area contributed by atoms with Gasteiger partial charge in [-0.2, -0.15) is 0 Å². The molecule has 1 fully saturated rings. The van der Waals surface area contributed by atoms with Gasteiger partial charge in [0, 0.05) is 37.5 Å². The molecule has 1 N–H and O–H groups in total. The quantitative estimate of drug-likeness (QED) is 0.938. The van der Waals surface area contributed by atoms with Gasteiger partial charge in [0.05, 0.1) is 0 Å². The third-order valence-electron chi connectivity index (χ3n) is 4.41. The molecule has 126 valence electrons. The molecule has 5 nitrogen and oxygen atoms in total. The van der Waals surface area contributed by atoms with Gasteiger partial charge in [-0.25, -0.2) is 0 Å². The Morgan fingerprint density at radius 2 is 2.08 bits per heavy atom. The van der Waals surface area contributed by atoms with Crippen LogP contribution in [-0.2, 0) is 0 Å². The minimum absolute atomic E-state index is 0.0776. The summed E-state index contributed by atoms with van der Waals surface area (Å²) in [5.74, 6) is 0.586. The Hall–Kier alpha value is -2.56. The zero-order chi connectivity index (χ0) is 17.1. The lowest BCUT2D eigenvalue weighted by molar-refractivity contribution is 0.0916. The molecule has 2 heterocycles. The lowest BCUT2D eigenvalue weighted by atomic mass is 10.1. The number of carbonyl (C=O) groups excluding carboxylic acids is 1. The van der Waals surface area contributed by atoms with Gasteiger partial charge in [0.25, 0.3) is 5.91 Å². The van der Waals surface area contributed by atoms with Crippen LogP contribution in [0.15, 0.2) is 45.6 Å². The number of aryl methyl sites for hydroxylation is 2. The summed E-state index contributed by atoms with van der Waals surface area (Å²) in [5, 5.41) is 2.88. The van der Waals surface area contributed by atoms with Gasteiger partial charge in [0.15, 0.2) is 11.2 Å². The van der Waals surface area contributed by atoms with Gasteiger partial charge >= 0.3 is 0 Å². The van der Waals surface area contributed by atoms with E-state index in [0.717, 1.165) is 19.5 Å². The van der Waals surface area contributed by atoms with E-state index in [1.165, 1.54) is 23.4 Å². The van der Waals surface area contributed by atoms with Crippen molar-refractivity contribution >= 4 is 11.6 Å². The van der Waals surface area contributed by atoms with Crippen molar-refractivity contribution in [2.24, 2.45) is 5.92 Å². The molecule has 1 amide bonds. The molecule has 1 aliphatic heterocycles. The molecular weight excluding hydrogens is 304 g/mol. The van der Waals surface area contributed by atoms with Crippen LogP contribution in [0.25, 0.3) is 0 Å². The van der Waals surface area contributed by atoms with Crippen molar-refractivity contribution in [1.29, 1.82) is 0 Å². The minimum Gasteiger partial charge on any atom is -0.456 e. The minimum atomic E-state index is -0.329. The van der Waals surface area contributed by atoms with Crippen LogP contribution in [0.4, 0.5) is 5.69 Å². The van der Waals surface area contributed by atoms with Crippen LogP contribution in [0.3, 0.4) is 0 Å². The van der Waals surface area contributed by atoms with Crippen LogP contribution >= 0.6 is 0 Å². The molecule has 3 rings (SSSR count). The summed E-state index contributed by atoms with van der Waals surface area (Å²) in [6.07, 6.45) is 1.03. The second-order valence-electron chi connectivity index (χ2n) is 6.37. The van der Waals surface area contributed by atoms with Crippen molar-refractivity contribution < 1.29 is 9.21 Å². The van der Waals surface area contributed by atoms with E-state index in [9.17, 15) is 9.59 Å². The van der Waals surface area contributed by atoms with E-state index in [2.05, 4.69) is 35.3 Å². The second kappa shape index (κ2) is 6.91. The summed E-state index contributed by atoms with van der Waals surface area (Å²) in [6, 6.07) is 11.0. The summed E-state index contributed by atoms with van der Waals surface area (Å²) < 4.78 is 5.32. The lowest BCUT2D eigenvalue weighted by Crippen LogP contribution is -2.31. The molecule has 0 bridgehead atoms. The van der Waals surface area contributed by atoms with Crippen molar-refractivity contribution in [3.05, 3.63) is 63.7 Å². The molecule has 0 aliphatic carbocycles. The zero-order valence-electron chi connectivity index (χ0n) is 14.0. The number of hydrogen-bond acceptors (Lipinski definition) is 4. The van der Waals surface area contributed by atoms with Crippen LogP contribution in [0, 0.1) is 19.8 Å². The van der Waals surface area contributed by atoms with Gasteiger partial charge in [-0.3, -0.25) is 9.59 Å². The van der Waals surface area contributed by atoms with Crippen molar-refractivity contribution in [3.63, 3.8) is 0 Å². The van der Waals surface area contributed by atoms with E-state index in [0.29, 0.717) is 18.2 Å². The topological polar surface area (TPSA) is 62.6 Å². The average molecular weight is 326 g/mol. The van der Waals surface area contributed by atoms with Gasteiger partial charge in [-0.15, -0.1) is 0 Å². The van der Waals surface area contributed by atoms with E-state index < -0.39 is 0 Å². The Balaban J connectivity index is 1.57. The highest BCUT2D eigenvalue weighted by Crippen LogP contribution is 2.26. The van der Waals surface area contributed by atoms with Gasteiger partial charge in [0.1, 0.15) is 5.76 Å². The van der Waals surface area contributed by atoms with E-state index in [1.807, 2.05) is 6.07 Å². The number of nitrogens with one attached hydrogen (secondary N) is 1. The predicted octanol–water partition coefficient (Wildman–Crippen LogP) is 2.51. The maximum atomic E-state index is 12.2. The highest BCUT2D eigenvalue weighted by atomic mass is 16.3. The van der Waals surface area contributed by atoms with E-state index >= 15 is 0 Å². The van der Waals surface area contributed by atoms with Gasteiger partial charge < -0.3 is 14.6 Å². The number of anilines is 1. The molecule has 0 radical (unpaired) electrons. The van der Waals surface area contributed by atoms with Crippen molar-refractivity contribution in [3.8, 4) is 0 Å². The predicted molar refractivity (Wildman–Crippen MR) is 93.5 cm³/mol. The van der Waals surface area contributed by atoms with Crippen LogP contribution < -0.4 is 15.6 Å². The first kappa shape index (κ1) is 16.3. The number of benzene rings is 1. The van der Waals surface area contributed by atoms with Crippen LogP contribution in [0.1, 0.15) is 28.3 Å². The van der Waals surface area contributed by atoms with E-state index in [1.54, 1.807) is 6.92 Å². The Kier molecular flexibility index (Phi) is 4.69. The molecule has 0 saturated carbocycles. The lowest BCUT2D eigenvalue weighted by Gasteiger charge is -2.21. The summed E-state index contributed by atoms with van der Waals surface area (Å²) >= 11 is 0. The smallest absolute Gasteiger partial charge is 0.287 e. The molecule has 5 heteroatoms. The molecule has 2 aromatic rings. The maximum absolute atomic E-state index is 12.2. The standard InChI is InChI=1S/C19H22N2O3/c1-13-5-3-4-6-17(13)21-8-7-15(12-21)11-20-19(23)18-10-16(22)9-14(2)24-18/h3-6,9-10,15H,7-8,11-12H2,1-2H3,(H,20,23)/t15-/m1/s1. The van der Waals surface area contributed by atoms with Crippen LogP contribution in [-0.4, -0.2) is 25.5 Å². The number of carbonyl (C=O) groups is 1. The van der Waals surface area contributed by atoms with E-state index in [-0.39, 0.29) is 17.1 Å². The maximum Gasteiger partial charge on any atom is 0.287 e. The van der Waals surface area contributed by atoms with Crippen molar-refractivity contribution in [2.75, 3.05) is 24.5 Å². The van der Waals surface area contributed by atoms with Gasteiger partial charge in [-0.05, 0) is 37.8 Å². The Morgan fingerprint density at radius 3 is 2.83 bits per heavy atom. The fourth-order valence-electron chi connectivity index (χ4n) is 3.18. The van der Waals surface area contributed by atoms with Gasteiger partial charge in [-0.1, -0.05) is 18.2 Å². The molecule has 0 unspecified atom stereocenters. The fraction of sp³-hybridized carbons (Fsp3) is 0.368. The number of rotatable bonds is 4. The number of para-hydroxylation sites is 1. The zero-order valence-corrected chi connectivity index (χ0v) is 14.0. The Labute approximate surface area is 141 Å². The molecule has 1 aromatic heterocycles. The fourth-order valence-corrected chi connectivity index (χ4v) is 3.18. The highest BCUT2D eigenvalue weighted by molar-refractivity contribution is 5.91. The SMILES string of the molecule is Cc1cc(=O)cc(C(=O)NC[C@H]2CCN(c3ccccc3C)C2)o1. The largest absolute Gasteiger partial charge is 0.456 e. The number of amides is 1. The Morgan fingerprint density at radius 1 is 1.29 bits per heavy atom. The summed E-state index contributed by atoms with van der Waals surface area (Å²) in [5.41, 5.74) is 2.32. The van der Waals surface area contributed by atoms with E-state index in [4.69, 9.17) is 4.42 Å². The monoisotopic (exact) mass is 326 g/mol. The second-order valence-corrected chi connectivity index (χ2v) is 6.37. The third-order valence-corrected chi connectivity index (χ3v) is 4.41. The van der Waals surface area contributed by atoms with Crippen LogP contribution in [0.5, 0.6) is 0 Å². The molecular formula is C19H22N2O3. The number of hydrogen-bond donors (Lipinski definition) is 1. The Bertz CT molecular complexity index is 797. The first-order chi connectivity index (χ1) is 11.5. The first-order valence-corrected chi connectivity index (χ1v) is 8.23. The van der Waals surface area contributed by atoms with Crippen LogP contribution in [0.2, 0.25) is 0 Å². The first-order valence-electron chi connectivity index (χ1n) is 8.23. The number of nitrogens with zero attached hydrogens (tertiary/aromatic N) is 1. The molecule has 1 saturated heterocycles. The average Bonchev–Trinajstić information content (AvgIpc) is 3.01. The molecule has 1 atom stereocenters. The molecule has 24 heavy (non-hydrogen) atoms. The summed E-state index contributed by atoms with van der Waals surface area (Å²) in [7, 11) is 0. The third kappa shape index (κ3) is 3.67. The summed E-state index contributed by atoms with van der Waals surface area (Å²) in [6.45, 7) is 6.27. The van der Waals surface area contributed by atoms with Crippen molar-refractivity contribution in [1.82, 2.24) is 5.32 Å². The van der Waals surface area contributed by atoms with Gasteiger partial charge in [0.2, 0.25) is 0 Å². The highest BCUT2D eigenvalue weighted by Gasteiger charge is 2.24. The summed E-state index contributed by atoms with van der Waals surface area (Å²) in [4.78, 5) is 26.0. The van der Waals surface area contributed by atoms with Crippen molar-refractivity contribution in [2.45, 2.75) is 20.3 Å². The molecule has 1 aromatic carbocycles. The molecule has 0 spiro atoms. The molecule has 1 aliphatic rings.